The molecule has 1 unspecified atom stereocenters. The van der Waals surface area contributed by atoms with Crippen LogP contribution in [0.2, 0.25) is 0 Å². The molecule has 3 rings (SSSR count). The van der Waals surface area contributed by atoms with Crippen LogP contribution in [0.3, 0.4) is 0 Å². The van der Waals surface area contributed by atoms with Crippen LogP contribution in [0, 0.1) is 0 Å². The Morgan fingerprint density at radius 1 is 1.33 bits per heavy atom. The van der Waals surface area contributed by atoms with E-state index in [4.69, 9.17) is 4.74 Å². The highest BCUT2D eigenvalue weighted by atomic mass is 16.5. The molecule has 0 fully saturated rings. The number of benzene rings is 1. The van der Waals surface area contributed by atoms with Gasteiger partial charge in [0.2, 0.25) is 5.95 Å². The molecule has 0 bridgehead atoms. The lowest BCUT2D eigenvalue weighted by Gasteiger charge is -2.28. The Hall–Kier alpha value is -2.63. The highest BCUT2D eigenvalue weighted by Crippen LogP contribution is 2.35. The highest BCUT2D eigenvalue weighted by molar-refractivity contribution is 5.92. The van der Waals surface area contributed by atoms with E-state index in [1.807, 2.05) is 19.1 Å². The van der Waals surface area contributed by atoms with Crippen molar-refractivity contribution in [2.24, 2.45) is 0 Å². The summed E-state index contributed by atoms with van der Waals surface area (Å²) in [5.74, 6) is 0.746. The number of fused-ring (bicyclic) bond motifs is 1. The second kappa shape index (κ2) is 6.47. The van der Waals surface area contributed by atoms with Crippen LogP contribution in [0.25, 0.3) is 0 Å². The number of hydrogen-bond donors (Lipinski definition) is 1. The second-order valence-corrected chi connectivity index (χ2v) is 6.14. The molecule has 2 heterocycles. The lowest BCUT2D eigenvalue weighted by atomic mass is 9.93. The number of nitrogens with one attached hydrogen (secondary N) is 1. The zero-order valence-corrected chi connectivity index (χ0v) is 14.4. The number of carbonyl (C=O) groups excluding carboxylic acids is 1. The normalized spacial score (nSPS) is 16.8. The highest BCUT2D eigenvalue weighted by Gasteiger charge is 2.34. The molecule has 1 atom stereocenters. The van der Waals surface area contributed by atoms with Crippen LogP contribution in [-0.4, -0.2) is 27.3 Å². The Morgan fingerprint density at radius 3 is 2.67 bits per heavy atom. The van der Waals surface area contributed by atoms with Crippen molar-refractivity contribution in [3.05, 3.63) is 53.0 Å². The van der Waals surface area contributed by atoms with E-state index in [9.17, 15) is 4.79 Å². The predicted octanol–water partition coefficient (Wildman–Crippen LogP) is 3.25. The van der Waals surface area contributed by atoms with Crippen molar-refractivity contribution in [2.45, 2.75) is 39.7 Å². The van der Waals surface area contributed by atoms with Crippen molar-refractivity contribution in [1.29, 1.82) is 0 Å². The Labute approximate surface area is 141 Å². The number of hydrogen-bond acceptors (Lipinski definition) is 5. The summed E-state index contributed by atoms with van der Waals surface area (Å²) in [6.07, 6.45) is 1.49. The fourth-order valence-electron chi connectivity index (χ4n) is 2.94. The fraction of sp³-hybridized carbons (Fsp3) is 0.389. The van der Waals surface area contributed by atoms with Crippen molar-refractivity contribution in [2.75, 3.05) is 11.9 Å². The summed E-state index contributed by atoms with van der Waals surface area (Å²) >= 11 is 0. The molecule has 1 aromatic carbocycles. The maximum absolute atomic E-state index is 12.5. The van der Waals surface area contributed by atoms with Gasteiger partial charge in [0.15, 0.2) is 0 Å². The van der Waals surface area contributed by atoms with Gasteiger partial charge in [-0.3, -0.25) is 0 Å². The van der Waals surface area contributed by atoms with Gasteiger partial charge in [-0.15, -0.1) is 0 Å². The number of ether oxygens (including phenoxy) is 1. The van der Waals surface area contributed by atoms with E-state index in [1.54, 1.807) is 11.6 Å². The molecule has 1 aromatic heterocycles. The van der Waals surface area contributed by atoms with E-state index in [2.05, 4.69) is 41.4 Å². The second-order valence-electron chi connectivity index (χ2n) is 6.14. The molecule has 6 nitrogen and oxygen atoms in total. The van der Waals surface area contributed by atoms with Crippen molar-refractivity contribution in [3.8, 4) is 0 Å². The van der Waals surface area contributed by atoms with Gasteiger partial charge in [-0.1, -0.05) is 38.1 Å². The van der Waals surface area contributed by atoms with Gasteiger partial charge in [0.05, 0.1) is 12.2 Å². The molecule has 2 aromatic rings. The Morgan fingerprint density at radius 2 is 2.04 bits per heavy atom. The van der Waals surface area contributed by atoms with Crippen LogP contribution in [-0.2, 0) is 9.53 Å². The first-order valence-corrected chi connectivity index (χ1v) is 8.17. The van der Waals surface area contributed by atoms with Crippen LogP contribution in [0.15, 0.2) is 41.9 Å². The predicted molar refractivity (Wildman–Crippen MR) is 91.6 cm³/mol. The van der Waals surface area contributed by atoms with Crippen molar-refractivity contribution >= 4 is 11.9 Å². The standard InChI is InChI=1S/C18H22N4O2/c1-5-24-17(23)15-12(4)21-18-19-10-20-22(18)16(15)14-8-6-13(7-9-14)11(2)3/h6-11,16H,5H2,1-4H3,(H,19,20,21). The molecule has 24 heavy (non-hydrogen) atoms. The number of allylic oxidation sites excluding steroid dienone is 1. The Bertz CT molecular complexity index is 775. The molecule has 126 valence electrons. The lowest BCUT2D eigenvalue weighted by molar-refractivity contribution is -0.139. The summed E-state index contributed by atoms with van der Waals surface area (Å²) in [6, 6.07) is 7.93. The monoisotopic (exact) mass is 326 g/mol. The first-order chi connectivity index (χ1) is 11.5. The number of aromatic nitrogens is 3. The Balaban J connectivity index is 2.08. The summed E-state index contributed by atoms with van der Waals surface area (Å²) < 4.78 is 6.98. The van der Waals surface area contributed by atoms with Gasteiger partial charge in [0.1, 0.15) is 12.4 Å². The van der Waals surface area contributed by atoms with Gasteiger partial charge < -0.3 is 10.1 Å². The maximum atomic E-state index is 12.5. The molecule has 1 aliphatic heterocycles. The first kappa shape index (κ1) is 16.2. The summed E-state index contributed by atoms with van der Waals surface area (Å²) in [4.78, 5) is 16.7. The van der Waals surface area contributed by atoms with E-state index in [0.29, 0.717) is 24.0 Å². The van der Waals surface area contributed by atoms with Gasteiger partial charge in [-0.25, -0.2) is 9.48 Å². The quantitative estimate of drug-likeness (QED) is 0.874. The first-order valence-electron chi connectivity index (χ1n) is 8.17. The molecule has 0 saturated heterocycles. The third kappa shape index (κ3) is 2.79. The Kier molecular flexibility index (Phi) is 4.38. The molecule has 0 spiro atoms. The third-order valence-electron chi connectivity index (χ3n) is 4.21. The number of carbonyl (C=O) groups is 1. The largest absolute Gasteiger partial charge is 0.463 e. The number of anilines is 1. The average Bonchev–Trinajstić information content (AvgIpc) is 3.01. The summed E-state index contributed by atoms with van der Waals surface area (Å²) in [7, 11) is 0. The molecule has 1 aliphatic rings. The minimum Gasteiger partial charge on any atom is -0.463 e. The van der Waals surface area contributed by atoms with Crippen molar-refractivity contribution < 1.29 is 9.53 Å². The summed E-state index contributed by atoms with van der Waals surface area (Å²) in [5, 5.41) is 7.43. The van der Waals surface area contributed by atoms with Crippen LogP contribution in [0.4, 0.5) is 5.95 Å². The minimum atomic E-state index is -0.344. The lowest BCUT2D eigenvalue weighted by Crippen LogP contribution is -2.29. The molecular formula is C18H22N4O2. The zero-order valence-electron chi connectivity index (χ0n) is 14.4. The smallest absolute Gasteiger partial charge is 0.338 e. The zero-order chi connectivity index (χ0) is 17.3. The molecule has 6 heteroatoms. The molecule has 0 radical (unpaired) electrons. The summed E-state index contributed by atoms with van der Waals surface area (Å²) in [6.45, 7) is 8.31. The average molecular weight is 326 g/mol. The molecule has 0 saturated carbocycles. The number of rotatable bonds is 4. The fourth-order valence-corrected chi connectivity index (χ4v) is 2.94. The van der Waals surface area contributed by atoms with Crippen LogP contribution < -0.4 is 5.32 Å². The molecule has 0 amide bonds. The van der Waals surface area contributed by atoms with Gasteiger partial charge in [0, 0.05) is 5.70 Å². The maximum Gasteiger partial charge on any atom is 0.338 e. The van der Waals surface area contributed by atoms with E-state index < -0.39 is 0 Å². The van der Waals surface area contributed by atoms with Crippen LogP contribution in [0.5, 0.6) is 0 Å². The summed E-state index contributed by atoms with van der Waals surface area (Å²) in [5.41, 5.74) is 3.54. The van der Waals surface area contributed by atoms with E-state index in [1.165, 1.54) is 11.9 Å². The van der Waals surface area contributed by atoms with Gasteiger partial charge in [0.25, 0.3) is 0 Å². The van der Waals surface area contributed by atoms with Crippen molar-refractivity contribution in [1.82, 2.24) is 14.8 Å². The SMILES string of the molecule is CCOC(=O)C1=C(C)Nc2ncnn2C1c1ccc(C(C)C)cc1. The van der Waals surface area contributed by atoms with E-state index in [-0.39, 0.29) is 12.0 Å². The van der Waals surface area contributed by atoms with Crippen LogP contribution >= 0.6 is 0 Å². The van der Waals surface area contributed by atoms with Gasteiger partial charge >= 0.3 is 5.97 Å². The van der Waals surface area contributed by atoms with Crippen LogP contribution in [0.1, 0.15) is 50.8 Å². The molecular weight excluding hydrogens is 304 g/mol. The number of nitrogens with zero attached hydrogens (tertiary/aromatic N) is 3. The molecule has 0 aliphatic carbocycles. The third-order valence-corrected chi connectivity index (χ3v) is 4.21. The van der Waals surface area contributed by atoms with E-state index >= 15 is 0 Å². The van der Waals surface area contributed by atoms with E-state index in [0.717, 1.165) is 11.3 Å². The molecule has 1 N–H and O–H groups in total. The van der Waals surface area contributed by atoms with Gasteiger partial charge in [-0.2, -0.15) is 10.1 Å². The van der Waals surface area contributed by atoms with Gasteiger partial charge in [-0.05, 0) is 30.9 Å². The van der Waals surface area contributed by atoms with Crippen molar-refractivity contribution in [3.63, 3.8) is 0 Å². The number of esters is 1. The topological polar surface area (TPSA) is 69.0 Å². The minimum absolute atomic E-state index is 0.332.